The van der Waals surface area contributed by atoms with Crippen LogP contribution in [0.5, 0.6) is 0 Å². The van der Waals surface area contributed by atoms with Crippen molar-refractivity contribution in [3.63, 3.8) is 0 Å². The molecule has 0 aliphatic rings. The summed E-state index contributed by atoms with van der Waals surface area (Å²) in [5.74, 6) is -0.161. The van der Waals surface area contributed by atoms with Crippen LogP contribution in [0.1, 0.15) is 98.1 Å². The molecule has 0 aliphatic heterocycles. The fourth-order valence-corrected chi connectivity index (χ4v) is 4.65. The number of rotatable bonds is 6. The van der Waals surface area contributed by atoms with Crippen LogP contribution in [0, 0.1) is 48.9 Å². The number of nitrogens with one attached hydrogen (secondary N) is 2. The predicted octanol–water partition coefficient (Wildman–Crippen LogP) is 5.17. The van der Waals surface area contributed by atoms with Crippen molar-refractivity contribution in [3.05, 3.63) is 129 Å². The van der Waals surface area contributed by atoms with Crippen molar-refractivity contribution in [1.82, 2.24) is 20.6 Å². The van der Waals surface area contributed by atoms with Crippen molar-refractivity contribution in [2.75, 3.05) is 0 Å². The first kappa shape index (κ1) is 35.6. The van der Waals surface area contributed by atoms with Gasteiger partial charge < -0.3 is 21.0 Å². The van der Waals surface area contributed by atoms with Crippen LogP contribution in [0.4, 0.5) is 0 Å². The number of hydrogen-bond acceptors (Lipinski definition) is 6. The average molecular weight is 627 g/mol. The molecule has 4 aromatic heterocycles. The SMILES string of the molecule is Cc1cncc([C@H](NC(=O)C(C)(C)C)c2cc(C)c[n+]([O-])c2)c1.Cc1cncc([C@H](NC(=O)C(C)(C)C)c2cc(C)c[n+]([O-])c2)c1. The summed E-state index contributed by atoms with van der Waals surface area (Å²) in [6.45, 7) is 18.8. The van der Waals surface area contributed by atoms with Crippen molar-refractivity contribution >= 4 is 11.8 Å². The monoisotopic (exact) mass is 626 g/mol. The van der Waals surface area contributed by atoms with Crippen molar-refractivity contribution in [2.24, 2.45) is 10.8 Å². The molecule has 0 saturated heterocycles. The lowest BCUT2D eigenvalue weighted by molar-refractivity contribution is -0.606. The molecular formula is C36H46N6O4. The third-order valence-electron chi connectivity index (χ3n) is 7.04. The Labute approximate surface area is 272 Å². The lowest BCUT2D eigenvalue weighted by Crippen LogP contribution is -2.39. The van der Waals surface area contributed by atoms with E-state index >= 15 is 0 Å². The molecule has 2 N–H and O–H groups in total. The lowest BCUT2D eigenvalue weighted by atomic mass is 9.93. The topological polar surface area (TPSA) is 138 Å². The van der Waals surface area contributed by atoms with Crippen LogP contribution in [-0.2, 0) is 9.59 Å². The quantitative estimate of drug-likeness (QED) is 0.224. The molecule has 0 spiro atoms. The van der Waals surface area contributed by atoms with Gasteiger partial charge in [0.15, 0.2) is 24.8 Å². The Morgan fingerprint density at radius 2 is 0.891 bits per heavy atom. The van der Waals surface area contributed by atoms with Gasteiger partial charge in [0, 0.05) is 57.9 Å². The second-order valence-electron chi connectivity index (χ2n) is 13.9. The number of hydrogen-bond donors (Lipinski definition) is 2. The van der Waals surface area contributed by atoms with E-state index in [9.17, 15) is 20.0 Å². The summed E-state index contributed by atoms with van der Waals surface area (Å²) in [5, 5.41) is 29.6. The molecule has 244 valence electrons. The number of amides is 2. The van der Waals surface area contributed by atoms with Crippen LogP contribution in [0.25, 0.3) is 0 Å². The molecule has 0 bridgehead atoms. The summed E-state index contributed by atoms with van der Waals surface area (Å²) in [5.41, 5.74) is 5.83. The first-order chi connectivity index (χ1) is 21.3. The summed E-state index contributed by atoms with van der Waals surface area (Å²) in [6.07, 6.45) is 12.9. The van der Waals surface area contributed by atoms with E-state index in [1.54, 1.807) is 24.8 Å². The molecule has 10 nitrogen and oxygen atoms in total. The number of aryl methyl sites for hydroxylation is 4. The highest BCUT2D eigenvalue weighted by Crippen LogP contribution is 2.26. The van der Waals surface area contributed by atoms with E-state index in [4.69, 9.17) is 0 Å². The van der Waals surface area contributed by atoms with Gasteiger partial charge in [-0.25, -0.2) is 0 Å². The molecule has 0 saturated carbocycles. The maximum Gasteiger partial charge on any atom is 0.226 e. The zero-order valence-corrected chi connectivity index (χ0v) is 28.5. The van der Waals surface area contributed by atoms with Gasteiger partial charge in [0.2, 0.25) is 11.8 Å². The van der Waals surface area contributed by atoms with Gasteiger partial charge in [0.1, 0.15) is 0 Å². The smallest absolute Gasteiger partial charge is 0.226 e. The van der Waals surface area contributed by atoms with Gasteiger partial charge in [-0.05, 0) is 62.1 Å². The molecular weight excluding hydrogens is 580 g/mol. The van der Waals surface area contributed by atoms with Crippen molar-refractivity contribution in [2.45, 2.75) is 81.3 Å². The highest BCUT2D eigenvalue weighted by atomic mass is 16.5. The number of aromatic nitrogens is 4. The Morgan fingerprint density at radius 1 is 0.565 bits per heavy atom. The molecule has 0 radical (unpaired) electrons. The van der Waals surface area contributed by atoms with Gasteiger partial charge >= 0.3 is 0 Å². The van der Waals surface area contributed by atoms with E-state index in [0.29, 0.717) is 0 Å². The van der Waals surface area contributed by atoms with Crippen LogP contribution in [0.2, 0.25) is 0 Å². The van der Waals surface area contributed by atoms with Gasteiger partial charge in [-0.1, -0.05) is 53.7 Å². The summed E-state index contributed by atoms with van der Waals surface area (Å²) in [6, 6.07) is 6.94. The van der Waals surface area contributed by atoms with Crippen molar-refractivity contribution < 1.29 is 19.0 Å². The zero-order valence-electron chi connectivity index (χ0n) is 28.5. The molecule has 46 heavy (non-hydrogen) atoms. The minimum absolute atomic E-state index is 0.0806. The molecule has 2 atom stereocenters. The van der Waals surface area contributed by atoms with Gasteiger partial charge in [-0.3, -0.25) is 19.6 Å². The normalized spacial score (nSPS) is 12.7. The average Bonchev–Trinajstić information content (AvgIpc) is 2.92. The van der Waals surface area contributed by atoms with E-state index in [-0.39, 0.29) is 11.8 Å². The first-order valence-corrected chi connectivity index (χ1v) is 15.2. The fourth-order valence-electron chi connectivity index (χ4n) is 4.65. The molecule has 0 aliphatic carbocycles. The minimum atomic E-state index is -0.521. The van der Waals surface area contributed by atoms with E-state index in [2.05, 4.69) is 20.6 Å². The number of carbonyl (C=O) groups excluding carboxylic acids is 2. The molecule has 2 amide bonds. The maximum atomic E-state index is 12.5. The van der Waals surface area contributed by atoms with Gasteiger partial charge in [-0.15, -0.1) is 0 Å². The van der Waals surface area contributed by atoms with Crippen LogP contribution in [0.15, 0.2) is 73.8 Å². The fraction of sp³-hybridized carbons (Fsp3) is 0.389. The van der Waals surface area contributed by atoms with Gasteiger partial charge in [0.25, 0.3) is 0 Å². The van der Waals surface area contributed by atoms with E-state index < -0.39 is 22.9 Å². The molecule has 10 heteroatoms. The van der Waals surface area contributed by atoms with Crippen molar-refractivity contribution in [3.8, 4) is 0 Å². The third kappa shape index (κ3) is 10.1. The van der Waals surface area contributed by atoms with Crippen LogP contribution >= 0.6 is 0 Å². The summed E-state index contributed by atoms with van der Waals surface area (Å²) < 4.78 is 1.54. The second kappa shape index (κ2) is 14.5. The van der Waals surface area contributed by atoms with Gasteiger partial charge in [-0.2, -0.15) is 9.46 Å². The number of nitrogens with zero attached hydrogens (tertiary/aromatic N) is 4. The standard InChI is InChI=1S/2C18H23N3O2/c2*1-12-6-14(9-19-8-12)16(20-17(22)18(3,4)5)15-7-13(2)10-21(23)11-15/h2*6-11,16H,1-5H3,(H,20,22)/t2*16-/m00/s1. The second-order valence-corrected chi connectivity index (χ2v) is 13.9. The summed E-state index contributed by atoms with van der Waals surface area (Å²) in [7, 11) is 0. The Bertz CT molecular complexity index is 1530. The minimum Gasteiger partial charge on any atom is -0.619 e. The number of pyridine rings is 4. The van der Waals surface area contributed by atoms with Crippen LogP contribution in [-0.4, -0.2) is 21.8 Å². The molecule has 4 heterocycles. The molecule has 0 unspecified atom stereocenters. The van der Waals surface area contributed by atoms with E-state index in [1.165, 1.54) is 24.8 Å². The Morgan fingerprint density at radius 3 is 1.17 bits per heavy atom. The first-order valence-electron chi connectivity index (χ1n) is 15.2. The molecule has 4 aromatic rings. The molecule has 0 fully saturated rings. The molecule has 4 rings (SSSR count). The Balaban J connectivity index is 0.000000250. The largest absolute Gasteiger partial charge is 0.619 e. The Kier molecular flexibility index (Phi) is 11.2. The third-order valence-corrected chi connectivity index (χ3v) is 7.04. The van der Waals surface area contributed by atoms with Crippen molar-refractivity contribution in [1.29, 1.82) is 0 Å². The molecule has 0 aromatic carbocycles. The predicted molar refractivity (Wildman–Crippen MR) is 177 cm³/mol. The summed E-state index contributed by atoms with van der Waals surface area (Å²) >= 11 is 0. The highest BCUT2D eigenvalue weighted by Gasteiger charge is 2.28. The van der Waals surface area contributed by atoms with Crippen LogP contribution < -0.4 is 20.1 Å². The maximum absolute atomic E-state index is 12.5. The highest BCUT2D eigenvalue weighted by molar-refractivity contribution is 5.82. The van der Waals surface area contributed by atoms with Crippen LogP contribution in [0.3, 0.4) is 0 Å². The zero-order chi connectivity index (χ0) is 34.4. The lowest BCUT2D eigenvalue weighted by Gasteiger charge is -2.24. The number of carbonyl (C=O) groups is 2. The van der Waals surface area contributed by atoms with E-state index in [0.717, 1.165) is 54.0 Å². The van der Waals surface area contributed by atoms with E-state index in [1.807, 2.05) is 93.5 Å². The Hall–Kier alpha value is -4.86. The summed E-state index contributed by atoms with van der Waals surface area (Å²) in [4.78, 5) is 33.3. The van der Waals surface area contributed by atoms with Gasteiger partial charge in [0.05, 0.1) is 12.1 Å².